The quantitative estimate of drug-likeness (QED) is 0.680. The number of aliphatic hydroxyl groups is 1. The summed E-state index contributed by atoms with van der Waals surface area (Å²) in [6.45, 7) is 8.53. The first-order valence-corrected chi connectivity index (χ1v) is 11.1. The monoisotopic (exact) mass is 388 g/mol. The smallest absolute Gasteiger partial charge is 0.223 e. The largest absolute Gasteiger partial charge is 0.393 e. The van der Waals surface area contributed by atoms with Gasteiger partial charge >= 0.3 is 0 Å². The van der Waals surface area contributed by atoms with Crippen molar-refractivity contribution >= 4 is 11.8 Å². The number of allylic oxidation sites excluding steroid dienone is 1. The summed E-state index contributed by atoms with van der Waals surface area (Å²) in [4.78, 5) is 24.9. The third kappa shape index (κ3) is 2.92. The summed E-state index contributed by atoms with van der Waals surface area (Å²) >= 11 is 0. The van der Waals surface area contributed by atoms with Crippen LogP contribution in [-0.2, 0) is 9.59 Å². The Kier molecular flexibility index (Phi) is 4.88. The molecule has 3 saturated carbocycles. The maximum Gasteiger partial charge on any atom is 0.223 e. The minimum atomic E-state index is -0.416. The molecule has 156 valence electrons. The van der Waals surface area contributed by atoms with E-state index in [0.717, 1.165) is 32.1 Å². The molecule has 5 nitrogen and oxygen atoms in total. The fourth-order valence-electron chi connectivity index (χ4n) is 7.47. The first-order chi connectivity index (χ1) is 13.2. The molecule has 28 heavy (non-hydrogen) atoms. The van der Waals surface area contributed by atoms with Crippen molar-refractivity contribution in [1.82, 2.24) is 10.6 Å². The van der Waals surface area contributed by atoms with Gasteiger partial charge in [-0.3, -0.25) is 9.59 Å². The number of carbonyl (C=O) groups is 2. The number of hydrogen-bond acceptors (Lipinski definition) is 3. The normalized spacial score (nSPS) is 45.3. The van der Waals surface area contributed by atoms with Crippen molar-refractivity contribution in [2.45, 2.75) is 84.8 Å². The standard InChI is InChI=1S/C23H36N2O3/c1-13(2)25-21(28)17-8-7-16-15-6-5-14-12-24-19(27)9-10-22(14,3)20(15)18(26)11-23(16,17)4/h12-13,15-18,20,26H,5-11H2,1-4H3,(H,24,27)(H,25,28)/t15?,16?,17-,18+,20?,22+,23+/m1/s1. The lowest BCUT2D eigenvalue weighted by Gasteiger charge is -2.58. The van der Waals surface area contributed by atoms with E-state index in [1.807, 2.05) is 20.0 Å². The summed E-state index contributed by atoms with van der Waals surface area (Å²) in [6.07, 6.45) is 7.58. The van der Waals surface area contributed by atoms with Crippen molar-refractivity contribution in [3.05, 3.63) is 11.8 Å². The highest BCUT2D eigenvalue weighted by Gasteiger charge is 2.62. The van der Waals surface area contributed by atoms with E-state index in [-0.39, 0.29) is 40.5 Å². The number of amides is 2. The molecule has 0 saturated heterocycles. The van der Waals surface area contributed by atoms with E-state index >= 15 is 0 Å². The fraction of sp³-hybridized carbons (Fsp3) is 0.826. The van der Waals surface area contributed by atoms with Crippen molar-refractivity contribution < 1.29 is 14.7 Å². The molecule has 3 unspecified atom stereocenters. The van der Waals surface area contributed by atoms with Crippen LogP contribution in [0.25, 0.3) is 0 Å². The van der Waals surface area contributed by atoms with E-state index in [0.29, 0.717) is 24.7 Å². The molecule has 0 aromatic heterocycles. The number of fused-ring (bicyclic) bond motifs is 5. The first-order valence-electron chi connectivity index (χ1n) is 11.1. The van der Waals surface area contributed by atoms with Crippen molar-refractivity contribution in [2.75, 3.05) is 0 Å². The molecule has 0 radical (unpaired) electrons. The lowest BCUT2D eigenvalue weighted by Crippen LogP contribution is -2.57. The molecule has 4 aliphatic rings. The summed E-state index contributed by atoms with van der Waals surface area (Å²) in [5.41, 5.74) is 1.05. The van der Waals surface area contributed by atoms with Crippen molar-refractivity contribution in [3.8, 4) is 0 Å². The number of carbonyl (C=O) groups excluding carboxylic acids is 2. The molecular weight excluding hydrogens is 352 g/mol. The van der Waals surface area contributed by atoms with Gasteiger partial charge in [0.2, 0.25) is 11.8 Å². The molecule has 2 amide bonds. The van der Waals surface area contributed by atoms with Crippen LogP contribution in [0.15, 0.2) is 11.8 Å². The van der Waals surface area contributed by atoms with Gasteiger partial charge in [0.1, 0.15) is 0 Å². The number of aliphatic hydroxyl groups excluding tert-OH is 1. The van der Waals surface area contributed by atoms with Crippen LogP contribution < -0.4 is 10.6 Å². The van der Waals surface area contributed by atoms with E-state index in [1.165, 1.54) is 5.57 Å². The highest BCUT2D eigenvalue weighted by atomic mass is 16.3. The van der Waals surface area contributed by atoms with Crippen molar-refractivity contribution in [3.63, 3.8) is 0 Å². The van der Waals surface area contributed by atoms with Gasteiger partial charge in [-0.1, -0.05) is 13.8 Å². The molecule has 3 aliphatic carbocycles. The Hall–Kier alpha value is -1.36. The summed E-state index contributed by atoms with van der Waals surface area (Å²) < 4.78 is 0. The third-order valence-corrected chi connectivity index (χ3v) is 8.69. The maximum absolute atomic E-state index is 12.9. The molecule has 1 heterocycles. The molecule has 0 bridgehead atoms. The molecule has 0 aromatic rings. The minimum absolute atomic E-state index is 0.00220. The van der Waals surface area contributed by atoms with Gasteiger partial charge in [0.25, 0.3) is 0 Å². The van der Waals surface area contributed by atoms with Crippen molar-refractivity contribution in [1.29, 1.82) is 0 Å². The minimum Gasteiger partial charge on any atom is -0.393 e. The lowest BCUT2D eigenvalue weighted by molar-refractivity contribution is -0.145. The van der Waals surface area contributed by atoms with Crippen molar-refractivity contribution in [2.24, 2.45) is 34.5 Å². The predicted molar refractivity (Wildman–Crippen MR) is 108 cm³/mol. The van der Waals surface area contributed by atoms with Crippen LogP contribution in [0.4, 0.5) is 0 Å². The molecule has 3 fully saturated rings. The number of nitrogens with one attached hydrogen (secondary N) is 2. The second-order valence-electron chi connectivity index (χ2n) is 10.6. The Morgan fingerprint density at radius 1 is 1.25 bits per heavy atom. The molecule has 7 atom stereocenters. The Bertz CT molecular complexity index is 702. The van der Waals surface area contributed by atoms with Crippen LogP contribution >= 0.6 is 0 Å². The highest BCUT2D eigenvalue weighted by Crippen LogP contribution is 2.66. The third-order valence-electron chi connectivity index (χ3n) is 8.69. The van der Waals surface area contributed by atoms with Gasteiger partial charge in [-0.2, -0.15) is 0 Å². The average Bonchev–Trinajstić information content (AvgIpc) is 2.86. The Balaban J connectivity index is 1.64. The van der Waals surface area contributed by atoms with Gasteiger partial charge < -0.3 is 15.7 Å². The SMILES string of the molecule is CC(C)NC(=O)[C@H]1CCC2C3CCC4=CNC(=O)CC[C@]4(C)C3[C@@H](O)C[C@@]21C. The molecule has 0 spiro atoms. The van der Waals surface area contributed by atoms with E-state index in [1.54, 1.807) is 0 Å². The van der Waals surface area contributed by atoms with Gasteiger partial charge in [-0.05, 0) is 86.5 Å². The van der Waals surface area contributed by atoms with Crippen LogP contribution in [0.5, 0.6) is 0 Å². The second-order valence-corrected chi connectivity index (χ2v) is 10.6. The highest BCUT2D eigenvalue weighted by molar-refractivity contribution is 5.80. The molecule has 4 rings (SSSR count). The van der Waals surface area contributed by atoms with E-state index < -0.39 is 6.10 Å². The fourth-order valence-corrected chi connectivity index (χ4v) is 7.47. The predicted octanol–water partition coefficient (Wildman–Crippen LogP) is 3.13. The summed E-state index contributed by atoms with van der Waals surface area (Å²) in [5, 5.41) is 17.5. The average molecular weight is 389 g/mol. The lowest BCUT2D eigenvalue weighted by atomic mass is 9.47. The zero-order valence-electron chi connectivity index (χ0n) is 17.8. The topological polar surface area (TPSA) is 78.4 Å². The molecule has 1 aliphatic heterocycles. The Morgan fingerprint density at radius 2 is 2.00 bits per heavy atom. The van der Waals surface area contributed by atoms with Crippen LogP contribution in [0.1, 0.15) is 72.6 Å². The Morgan fingerprint density at radius 3 is 2.71 bits per heavy atom. The van der Waals surface area contributed by atoms with Crippen LogP contribution in [0.3, 0.4) is 0 Å². The summed E-state index contributed by atoms with van der Waals surface area (Å²) in [5.74, 6) is 1.34. The Labute approximate surface area is 168 Å². The zero-order chi connectivity index (χ0) is 20.3. The van der Waals surface area contributed by atoms with Gasteiger partial charge in [0.05, 0.1) is 6.10 Å². The summed E-state index contributed by atoms with van der Waals surface area (Å²) in [6, 6.07) is 0.147. The van der Waals surface area contributed by atoms with Gasteiger partial charge in [0, 0.05) is 24.6 Å². The number of hydrogen-bond donors (Lipinski definition) is 3. The molecule has 3 N–H and O–H groups in total. The van der Waals surface area contributed by atoms with Crippen LogP contribution in [-0.4, -0.2) is 29.1 Å². The first kappa shape index (κ1) is 19.9. The van der Waals surface area contributed by atoms with E-state index in [9.17, 15) is 14.7 Å². The van der Waals surface area contributed by atoms with Crippen LogP contribution in [0.2, 0.25) is 0 Å². The van der Waals surface area contributed by atoms with Gasteiger partial charge in [-0.15, -0.1) is 0 Å². The van der Waals surface area contributed by atoms with Crippen LogP contribution in [0, 0.1) is 34.5 Å². The zero-order valence-corrected chi connectivity index (χ0v) is 17.8. The molecular formula is C23H36N2O3. The van der Waals surface area contributed by atoms with E-state index in [2.05, 4.69) is 24.5 Å². The molecule has 0 aromatic carbocycles. The summed E-state index contributed by atoms with van der Waals surface area (Å²) in [7, 11) is 0. The van der Waals surface area contributed by atoms with Gasteiger partial charge in [-0.25, -0.2) is 0 Å². The number of rotatable bonds is 2. The maximum atomic E-state index is 12.9. The molecule has 5 heteroatoms. The second kappa shape index (κ2) is 6.86. The van der Waals surface area contributed by atoms with E-state index in [4.69, 9.17) is 0 Å². The van der Waals surface area contributed by atoms with Gasteiger partial charge in [0.15, 0.2) is 0 Å².